The van der Waals surface area contributed by atoms with Gasteiger partial charge in [-0.2, -0.15) is 0 Å². The predicted octanol–water partition coefficient (Wildman–Crippen LogP) is 22.4. The highest BCUT2D eigenvalue weighted by molar-refractivity contribution is 6.29. The Labute approximate surface area is 453 Å². The molecule has 0 unspecified atom stereocenters. The van der Waals surface area contributed by atoms with Crippen LogP contribution in [0.4, 0.5) is 34.1 Å². The van der Waals surface area contributed by atoms with Gasteiger partial charge in [0.1, 0.15) is 0 Å². The Kier molecular flexibility index (Phi) is 13.6. The van der Waals surface area contributed by atoms with Crippen molar-refractivity contribution in [2.45, 2.75) is 143 Å². The summed E-state index contributed by atoms with van der Waals surface area (Å²) in [6.07, 6.45) is 13.0. The number of hydrogen-bond acceptors (Lipinski definition) is 2. The molecule has 2 saturated carbocycles. The smallest absolute Gasteiger partial charge is 0.0543 e. The molecular weight excluding hydrogens is 917 g/mol. The molecule has 2 aliphatic carbocycles. The van der Waals surface area contributed by atoms with Gasteiger partial charge < -0.3 is 9.80 Å². The minimum atomic E-state index is 0.283. The molecule has 0 heterocycles. The molecule has 0 aromatic heterocycles. The van der Waals surface area contributed by atoms with E-state index in [2.05, 4.69) is 235 Å². The molecule has 0 saturated heterocycles. The molecule has 10 aromatic carbocycles. The lowest BCUT2D eigenvalue weighted by atomic mass is 9.83. The first kappa shape index (κ1) is 49.7. The van der Waals surface area contributed by atoms with Crippen LogP contribution in [0.15, 0.2) is 170 Å². The summed E-state index contributed by atoms with van der Waals surface area (Å²) in [4.78, 5) is 5.35. The molecule has 0 atom stereocenters. The van der Waals surface area contributed by atoms with Crippen LogP contribution in [0.5, 0.6) is 0 Å². The number of aryl methyl sites for hydroxylation is 2. The van der Waals surface area contributed by atoms with Crippen molar-refractivity contribution in [2.75, 3.05) is 9.80 Å². The molecule has 2 fully saturated rings. The fourth-order valence-corrected chi connectivity index (χ4v) is 14.0. The van der Waals surface area contributed by atoms with Gasteiger partial charge >= 0.3 is 0 Å². The molecule has 382 valence electrons. The minimum Gasteiger partial charge on any atom is -0.309 e. The van der Waals surface area contributed by atoms with Gasteiger partial charge in [-0.1, -0.05) is 200 Å². The number of rotatable bonds is 12. The van der Waals surface area contributed by atoms with Gasteiger partial charge in [0.2, 0.25) is 0 Å². The summed E-state index contributed by atoms with van der Waals surface area (Å²) in [5.74, 6) is 1.73. The largest absolute Gasteiger partial charge is 0.309 e. The zero-order valence-electron chi connectivity index (χ0n) is 46.4. The third kappa shape index (κ3) is 8.86. The van der Waals surface area contributed by atoms with E-state index in [1.54, 1.807) is 0 Å². The van der Waals surface area contributed by atoms with E-state index in [9.17, 15) is 0 Å². The Morgan fingerprint density at radius 1 is 0.368 bits per heavy atom. The van der Waals surface area contributed by atoms with E-state index in [-0.39, 0.29) is 11.8 Å². The van der Waals surface area contributed by atoms with Crippen molar-refractivity contribution < 1.29 is 0 Å². The van der Waals surface area contributed by atoms with Crippen LogP contribution >= 0.6 is 0 Å². The zero-order chi connectivity index (χ0) is 52.2. The van der Waals surface area contributed by atoms with Gasteiger partial charge in [0.05, 0.1) is 22.7 Å². The number of benzene rings is 10. The third-order valence-electron chi connectivity index (χ3n) is 17.9. The first-order valence-corrected chi connectivity index (χ1v) is 29.0. The zero-order valence-corrected chi connectivity index (χ0v) is 46.4. The Morgan fingerprint density at radius 3 is 1.13 bits per heavy atom. The van der Waals surface area contributed by atoms with Gasteiger partial charge in [0.15, 0.2) is 0 Å². The lowest BCUT2D eigenvalue weighted by Gasteiger charge is -2.34. The topological polar surface area (TPSA) is 6.48 Å². The van der Waals surface area contributed by atoms with Crippen LogP contribution in [-0.2, 0) is 0 Å². The average molecular weight is 993 g/mol. The van der Waals surface area contributed by atoms with Crippen LogP contribution < -0.4 is 9.80 Å². The van der Waals surface area contributed by atoms with Gasteiger partial charge in [0, 0.05) is 22.1 Å². The first-order valence-electron chi connectivity index (χ1n) is 29.0. The quantitative estimate of drug-likeness (QED) is 0.113. The molecule has 76 heavy (non-hydrogen) atoms. The monoisotopic (exact) mass is 993 g/mol. The fraction of sp³-hybridized carbons (Fsp3) is 0.297. The molecule has 0 bridgehead atoms. The summed E-state index contributed by atoms with van der Waals surface area (Å²) in [6.45, 7) is 19.0. The van der Waals surface area contributed by atoms with Crippen LogP contribution in [0.1, 0.15) is 160 Å². The van der Waals surface area contributed by atoms with Crippen LogP contribution in [0.2, 0.25) is 0 Å². The van der Waals surface area contributed by atoms with Crippen molar-refractivity contribution in [3.8, 4) is 22.3 Å². The van der Waals surface area contributed by atoms with Gasteiger partial charge in [-0.3, -0.25) is 0 Å². The number of nitrogens with zero attached hydrogens (tertiary/aromatic N) is 2. The number of anilines is 6. The molecule has 0 amide bonds. The van der Waals surface area contributed by atoms with Gasteiger partial charge in [-0.15, -0.1) is 0 Å². The molecule has 0 radical (unpaired) electrons. The van der Waals surface area contributed by atoms with E-state index in [1.165, 1.54) is 197 Å². The highest BCUT2D eigenvalue weighted by Crippen LogP contribution is 2.54. The standard InChI is InChI=1S/C74H76N2/c1-47(2)67-45-69(75(59-33-21-31-57(43-59)53-23-13-9-14-24-53)73-49(5)35-37-61(51(73)7)55-27-17-11-18-28-55)65-42-40-64-68(48(3)4)46-70(66-41-39-63(67)71(65)72(64)66)76(60-34-22-32-58(44-60)54-25-15-10-16-26-54)74-50(6)36-38-62(52(74)8)56-29-19-12-20-30-56/h11-12,17-22,27-48,53-54H,9-10,13-16,23-26H2,1-8H3. The van der Waals surface area contributed by atoms with E-state index >= 15 is 0 Å². The summed E-state index contributed by atoms with van der Waals surface area (Å²) in [5, 5.41) is 8.02. The van der Waals surface area contributed by atoms with Gasteiger partial charge in [-0.05, 0) is 202 Å². The Balaban J connectivity index is 1.18. The highest BCUT2D eigenvalue weighted by atomic mass is 15.2. The molecule has 0 aliphatic heterocycles. The second kappa shape index (κ2) is 20.8. The van der Waals surface area contributed by atoms with Crippen LogP contribution in [0.25, 0.3) is 54.6 Å². The Morgan fingerprint density at radius 2 is 0.750 bits per heavy atom. The van der Waals surface area contributed by atoms with Gasteiger partial charge in [-0.25, -0.2) is 0 Å². The maximum Gasteiger partial charge on any atom is 0.0543 e. The number of hydrogen-bond donors (Lipinski definition) is 0. The van der Waals surface area contributed by atoms with Crippen molar-refractivity contribution in [2.24, 2.45) is 0 Å². The van der Waals surface area contributed by atoms with E-state index in [4.69, 9.17) is 0 Å². The first-order chi connectivity index (χ1) is 37.0. The van der Waals surface area contributed by atoms with Crippen molar-refractivity contribution in [1.82, 2.24) is 0 Å². The maximum absolute atomic E-state index is 2.68. The van der Waals surface area contributed by atoms with Crippen molar-refractivity contribution in [3.63, 3.8) is 0 Å². The predicted molar refractivity (Wildman–Crippen MR) is 329 cm³/mol. The van der Waals surface area contributed by atoms with Crippen LogP contribution in [0, 0.1) is 27.7 Å². The fourth-order valence-electron chi connectivity index (χ4n) is 14.0. The molecule has 2 aliphatic rings. The Hall–Kier alpha value is -7.16. The minimum absolute atomic E-state index is 0.283. The van der Waals surface area contributed by atoms with Gasteiger partial charge in [0.25, 0.3) is 0 Å². The van der Waals surface area contributed by atoms with Crippen molar-refractivity contribution in [3.05, 3.63) is 214 Å². The van der Waals surface area contributed by atoms with E-state index < -0.39 is 0 Å². The molecule has 0 spiro atoms. The van der Waals surface area contributed by atoms with E-state index in [0.29, 0.717) is 11.8 Å². The molecule has 2 heteroatoms. The molecule has 10 aromatic rings. The van der Waals surface area contributed by atoms with Crippen molar-refractivity contribution in [1.29, 1.82) is 0 Å². The maximum atomic E-state index is 2.68. The summed E-state index contributed by atoms with van der Waals surface area (Å²) >= 11 is 0. The molecule has 12 rings (SSSR count). The highest BCUT2D eigenvalue weighted by Gasteiger charge is 2.30. The average Bonchev–Trinajstić information content (AvgIpc) is 3.65. The summed E-state index contributed by atoms with van der Waals surface area (Å²) in [7, 11) is 0. The summed E-state index contributed by atoms with van der Waals surface area (Å²) in [5.41, 5.74) is 23.4. The van der Waals surface area contributed by atoms with Crippen molar-refractivity contribution >= 4 is 66.4 Å². The second-order valence-electron chi connectivity index (χ2n) is 23.4. The SMILES string of the molecule is Cc1ccc(-c2ccccc2)c(C)c1N(c1cccc(C2CCCCC2)c1)c1cc(C(C)C)c2ccc3c(N(c4cccc(C5CCCCC5)c4)c4c(C)ccc(-c5ccccc5)c4C)cc(C(C)C)c4ccc1c2c43. The van der Waals surface area contributed by atoms with E-state index in [0.717, 1.165) is 0 Å². The Bertz CT molecular complexity index is 3470. The van der Waals surface area contributed by atoms with E-state index in [1.807, 2.05) is 0 Å². The lowest BCUT2D eigenvalue weighted by Crippen LogP contribution is -2.16. The normalized spacial score (nSPS) is 14.7. The van der Waals surface area contributed by atoms with Crippen LogP contribution in [-0.4, -0.2) is 0 Å². The lowest BCUT2D eigenvalue weighted by molar-refractivity contribution is 0.443. The molecule has 2 nitrogen and oxygen atoms in total. The molecule has 0 N–H and O–H groups in total. The second-order valence-corrected chi connectivity index (χ2v) is 23.4. The van der Waals surface area contributed by atoms with Crippen LogP contribution in [0.3, 0.4) is 0 Å². The third-order valence-corrected chi connectivity index (χ3v) is 17.9. The molecular formula is C74H76N2. The summed E-state index contributed by atoms with van der Waals surface area (Å²) in [6, 6.07) is 65.9. The summed E-state index contributed by atoms with van der Waals surface area (Å²) < 4.78 is 0.